The van der Waals surface area contributed by atoms with Crippen LogP contribution in [0.1, 0.15) is 93.9 Å². The number of nitrogens with one attached hydrogen (secondary N) is 1. The van der Waals surface area contributed by atoms with Gasteiger partial charge in [0.1, 0.15) is 5.69 Å². The number of nitrogens with two attached hydrogens (primary N) is 1. The predicted molar refractivity (Wildman–Crippen MR) is 162 cm³/mol. The van der Waals surface area contributed by atoms with Crippen LogP contribution in [0.4, 0.5) is 23.5 Å². The summed E-state index contributed by atoms with van der Waals surface area (Å²) in [7, 11) is 0. The van der Waals surface area contributed by atoms with Crippen molar-refractivity contribution in [1.82, 2.24) is 20.2 Å². The molecule has 7 nitrogen and oxygen atoms in total. The molecule has 1 aliphatic rings. The molecular weight excluding hydrogens is 574 g/mol. The molecule has 0 saturated heterocycles. The van der Waals surface area contributed by atoms with Gasteiger partial charge in [-0.15, -0.1) is 0 Å². The molecule has 3 N–H and O–H groups in total. The van der Waals surface area contributed by atoms with Crippen LogP contribution in [0.3, 0.4) is 0 Å². The Kier molecular flexibility index (Phi) is 9.56. The number of amides is 2. The Morgan fingerprint density at radius 1 is 0.909 bits per heavy atom. The Morgan fingerprint density at radius 2 is 1.48 bits per heavy atom. The lowest BCUT2D eigenvalue weighted by atomic mass is 9.71. The third-order valence-electron chi connectivity index (χ3n) is 8.03. The number of aromatic nitrogens is 2. The molecule has 2 heterocycles. The molecule has 238 valence electrons. The van der Waals surface area contributed by atoms with Crippen LogP contribution in [-0.4, -0.2) is 45.1 Å². The second-order valence-corrected chi connectivity index (χ2v) is 13.6. The summed E-state index contributed by atoms with van der Waals surface area (Å²) in [6.45, 7) is 10.4. The van der Waals surface area contributed by atoms with Gasteiger partial charge >= 0.3 is 0 Å². The first-order chi connectivity index (χ1) is 20.5. The van der Waals surface area contributed by atoms with Crippen molar-refractivity contribution < 1.29 is 27.2 Å². The standard InChI is InChI=1S/C33H41F4N5O2/c1-31(2,3)19-32(4,5)41-29(44)33(14-12-25(34)35,15-13-26(36)37)22-10-11-24-23(16-22)27(40-30(38)39-24)28(43)42-17-20-8-6-7-9-21(20)18-42/h6-11,16,25-26H,12-15,17-19H2,1-5H3,(H,41,44)(H2,38,39,40). The van der Waals surface area contributed by atoms with Crippen molar-refractivity contribution in [3.05, 3.63) is 64.8 Å². The number of benzene rings is 2. The van der Waals surface area contributed by atoms with E-state index in [9.17, 15) is 27.2 Å². The summed E-state index contributed by atoms with van der Waals surface area (Å²) in [5, 5.41) is 3.26. The second-order valence-electron chi connectivity index (χ2n) is 13.6. The molecule has 2 aromatic carbocycles. The molecule has 0 bridgehead atoms. The van der Waals surface area contributed by atoms with Crippen LogP contribution in [0.15, 0.2) is 42.5 Å². The number of nitrogens with zero attached hydrogens (tertiary/aromatic N) is 3. The molecule has 4 rings (SSSR count). The Morgan fingerprint density at radius 3 is 2.00 bits per heavy atom. The number of hydrogen-bond donors (Lipinski definition) is 2. The minimum atomic E-state index is -2.76. The molecule has 0 saturated carbocycles. The number of carbonyl (C=O) groups excluding carboxylic acids is 2. The predicted octanol–water partition coefficient (Wildman–Crippen LogP) is 7.03. The van der Waals surface area contributed by atoms with Gasteiger partial charge in [0.25, 0.3) is 5.91 Å². The van der Waals surface area contributed by atoms with Crippen LogP contribution in [0, 0.1) is 5.41 Å². The fraction of sp³-hybridized carbons (Fsp3) is 0.515. The van der Waals surface area contributed by atoms with Crippen molar-refractivity contribution in [3.8, 4) is 0 Å². The zero-order chi connectivity index (χ0) is 32.4. The zero-order valence-electron chi connectivity index (χ0n) is 25.9. The molecule has 2 amide bonds. The number of alkyl halides is 4. The molecule has 1 aliphatic heterocycles. The first-order valence-electron chi connectivity index (χ1n) is 14.8. The molecule has 3 aromatic rings. The van der Waals surface area contributed by atoms with E-state index in [-0.39, 0.29) is 40.8 Å². The number of halogens is 4. The van der Waals surface area contributed by atoms with Gasteiger partial charge in [-0.05, 0) is 67.3 Å². The maximum absolute atomic E-state index is 14.2. The average Bonchev–Trinajstić information content (AvgIpc) is 3.35. The average molecular weight is 616 g/mol. The van der Waals surface area contributed by atoms with E-state index in [1.165, 1.54) is 18.2 Å². The van der Waals surface area contributed by atoms with Gasteiger partial charge in [0.05, 0.1) is 10.9 Å². The Labute approximate surface area is 255 Å². The number of hydrogen-bond acceptors (Lipinski definition) is 5. The van der Waals surface area contributed by atoms with Crippen LogP contribution in [0.25, 0.3) is 10.9 Å². The van der Waals surface area contributed by atoms with E-state index in [1.807, 2.05) is 58.9 Å². The van der Waals surface area contributed by atoms with E-state index in [0.29, 0.717) is 25.0 Å². The van der Waals surface area contributed by atoms with Crippen molar-refractivity contribution in [2.45, 2.75) is 104 Å². The van der Waals surface area contributed by atoms with E-state index in [1.54, 1.807) is 4.90 Å². The highest BCUT2D eigenvalue weighted by Gasteiger charge is 2.43. The van der Waals surface area contributed by atoms with Crippen LogP contribution in [0.5, 0.6) is 0 Å². The summed E-state index contributed by atoms with van der Waals surface area (Å²) in [6, 6.07) is 12.2. The minimum Gasteiger partial charge on any atom is -0.368 e. The van der Waals surface area contributed by atoms with Crippen molar-refractivity contribution in [3.63, 3.8) is 0 Å². The molecule has 0 unspecified atom stereocenters. The van der Waals surface area contributed by atoms with Gasteiger partial charge in [0, 0.05) is 36.9 Å². The number of fused-ring (bicyclic) bond motifs is 2. The maximum atomic E-state index is 14.2. The smallest absolute Gasteiger partial charge is 0.273 e. The summed E-state index contributed by atoms with van der Waals surface area (Å²) in [6.07, 6.45) is -7.06. The Balaban J connectivity index is 1.83. The second kappa shape index (κ2) is 12.7. The van der Waals surface area contributed by atoms with E-state index in [2.05, 4.69) is 15.3 Å². The number of carbonyl (C=O) groups is 2. The van der Waals surface area contributed by atoms with Gasteiger partial charge in [-0.2, -0.15) is 0 Å². The van der Waals surface area contributed by atoms with Crippen molar-refractivity contribution in [2.24, 2.45) is 5.41 Å². The molecule has 1 aromatic heterocycles. The molecule has 0 fully saturated rings. The van der Waals surface area contributed by atoms with Gasteiger partial charge in [-0.25, -0.2) is 27.5 Å². The van der Waals surface area contributed by atoms with Gasteiger partial charge in [-0.1, -0.05) is 51.1 Å². The highest BCUT2D eigenvalue weighted by molar-refractivity contribution is 6.05. The van der Waals surface area contributed by atoms with Crippen molar-refractivity contribution in [1.29, 1.82) is 0 Å². The number of anilines is 1. The van der Waals surface area contributed by atoms with Gasteiger partial charge < -0.3 is 16.0 Å². The zero-order valence-corrected chi connectivity index (χ0v) is 25.9. The topological polar surface area (TPSA) is 101 Å². The molecule has 0 aliphatic carbocycles. The summed E-state index contributed by atoms with van der Waals surface area (Å²) in [4.78, 5) is 38.2. The van der Waals surface area contributed by atoms with Gasteiger partial charge in [-0.3, -0.25) is 9.59 Å². The fourth-order valence-corrected chi connectivity index (χ4v) is 6.51. The molecule has 0 radical (unpaired) electrons. The van der Waals surface area contributed by atoms with Gasteiger partial charge in [0.2, 0.25) is 24.7 Å². The van der Waals surface area contributed by atoms with E-state index in [4.69, 9.17) is 5.73 Å². The first-order valence-corrected chi connectivity index (χ1v) is 14.8. The summed E-state index contributed by atoms with van der Waals surface area (Å²) in [5.41, 5.74) is 5.83. The van der Waals surface area contributed by atoms with E-state index in [0.717, 1.165) is 11.1 Å². The molecule has 44 heavy (non-hydrogen) atoms. The third kappa shape index (κ3) is 7.65. The largest absolute Gasteiger partial charge is 0.368 e. The first kappa shape index (κ1) is 33.1. The van der Waals surface area contributed by atoms with Crippen LogP contribution in [-0.2, 0) is 23.3 Å². The summed E-state index contributed by atoms with van der Waals surface area (Å²) >= 11 is 0. The number of nitrogen functional groups attached to an aromatic ring is 1. The Bertz CT molecular complexity index is 1480. The minimum absolute atomic E-state index is 0.00718. The molecular formula is C33H41F4N5O2. The van der Waals surface area contributed by atoms with Crippen LogP contribution < -0.4 is 11.1 Å². The van der Waals surface area contributed by atoms with Crippen LogP contribution >= 0.6 is 0 Å². The highest BCUT2D eigenvalue weighted by atomic mass is 19.3. The SMILES string of the molecule is CC(C)(C)CC(C)(C)NC(=O)C(CCC(F)F)(CCC(F)F)c1ccc2nc(N)nc(C(=O)N3Cc4ccccc4C3)c2c1. The third-order valence-corrected chi connectivity index (χ3v) is 8.03. The lowest BCUT2D eigenvalue weighted by Gasteiger charge is -2.39. The lowest BCUT2D eigenvalue weighted by molar-refractivity contribution is -0.130. The van der Waals surface area contributed by atoms with E-state index < -0.39 is 48.5 Å². The highest BCUT2D eigenvalue weighted by Crippen LogP contribution is 2.40. The molecule has 0 spiro atoms. The van der Waals surface area contributed by atoms with Crippen molar-refractivity contribution >= 4 is 28.7 Å². The monoisotopic (exact) mass is 615 g/mol. The normalized spacial score (nSPS) is 14.0. The fourth-order valence-electron chi connectivity index (χ4n) is 6.51. The Hall–Kier alpha value is -3.76. The number of rotatable bonds is 11. The summed E-state index contributed by atoms with van der Waals surface area (Å²) < 4.78 is 54.8. The van der Waals surface area contributed by atoms with Crippen LogP contribution in [0.2, 0.25) is 0 Å². The summed E-state index contributed by atoms with van der Waals surface area (Å²) in [5.74, 6) is -1.17. The maximum Gasteiger partial charge on any atom is 0.273 e. The lowest BCUT2D eigenvalue weighted by Crippen LogP contribution is -2.54. The quantitative estimate of drug-likeness (QED) is 0.226. The van der Waals surface area contributed by atoms with Gasteiger partial charge in [0.15, 0.2) is 0 Å². The van der Waals surface area contributed by atoms with Crippen molar-refractivity contribution in [2.75, 3.05) is 5.73 Å². The molecule has 11 heteroatoms. The van der Waals surface area contributed by atoms with E-state index >= 15 is 0 Å². The molecule has 0 atom stereocenters.